The van der Waals surface area contributed by atoms with Crippen molar-refractivity contribution in [3.8, 4) is 11.8 Å². The minimum absolute atomic E-state index is 0.173. The highest BCUT2D eigenvalue weighted by Crippen LogP contribution is 2.38. The number of hydrogen-bond donors (Lipinski definition) is 3. The summed E-state index contributed by atoms with van der Waals surface area (Å²) in [4.78, 5) is 22.3. The molecule has 15 nitrogen and oxygen atoms in total. The van der Waals surface area contributed by atoms with Crippen molar-refractivity contribution >= 4 is 75.7 Å². The van der Waals surface area contributed by atoms with Crippen molar-refractivity contribution in [3.63, 3.8) is 0 Å². The lowest BCUT2D eigenvalue weighted by molar-refractivity contribution is -0.0470. The third-order valence-corrected chi connectivity index (χ3v) is 13.5. The molecule has 1 aliphatic rings. The molecule has 8 aromatic carbocycles. The second kappa shape index (κ2) is 16.0. The minimum Gasteiger partial charge on any atom is -0.394 e. The summed E-state index contributed by atoms with van der Waals surface area (Å²) in [5.41, 5.74) is 3.88. The Kier molecular flexibility index (Phi) is 9.47. The van der Waals surface area contributed by atoms with E-state index in [0.717, 1.165) is 22.5 Å². The van der Waals surface area contributed by atoms with Crippen LogP contribution in [-0.4, -0.2) is 90.2 Å². The normalized spacial score (nSPS) is 16.5. The van der Waals surface area contributed by atoms with Gasteiger partial charge in [-0.3, -0.25) is 9.69 Å². The van der Waals surface area contributed by atoms with Crippen molar-refractivity contribution in [2.75, 3.05) is 13.2 Å². The summed E-state index contributed by atoms with van der Waals surface area (Å²) < 4.78 is 11.1. The van der Waals surface area contributed by atoms with Crippen LogP contribution in [0, 0.1) is 11.8 Å². The van der Waals surface area contributed by atoms with E-state index in [1.54, 1.807) is 0 Å². The zero-order chi connectivity index (χ0) is 45.5. The summed E-state index contributed by atoms with van der Waals surface area (Å²) in [6, 6.07) is 39.2. The molecule has 0 saturated carbocycles. The van der Waals surface area contributed by atoms with E-state index in [-0.39, 0.29) is 36.3 Å². The first kappa shape index (κ1) is 40.2. The summed E-state index contributed by atoms with van der Waals surface area (Å²) in [7, 11) is 0. The van der Waals surface area contributed by atoms with E-state index in [0.29, 0.717) is 26.2 Å². The second-order valence-electron chi connectivity index (χ2n) is 17.8. The number of benzene rings is 8. The fourth-order valence-electron chi connectivity index (χ4n) is 10.4. The first-order chi connectivity index (χ1) is 33.4. The Balaban J connectivity index is 0.804. The van der Waals surface area contributed by atoms with Gasteiger partial charge in [-0.2, -0.15) is 5.10 Å². The zero-order valence-electron chi connectivity index (χ0n) is 36.5. The van der Waals surface area contributed by atoms with Gasteiger partial charge in [-0.1, -0.05) is 126 Å². The van der Waals surface area contributed by atoms with Gasteiger partial charge in [0, 0.05) is 19.5 Å². The van der Waals surface area contributed by atoms with Gasteiger partial charge in [0.1, 0.15) is 11.5 Å². The molecule has 0 unspecified atom stereocenters. The third-order valence-electron chi connectivity index (χ3n) is 13.5. The van der Waals surface area contributed by atoms with Gasteiger partial charge >= 0.3 is 0 Å². The molecule has 68 heavy (non-hydrogen) atoms. The summed E-state index contributed by atoms with van der Waals surface area (Å²) in [6.07, 6.45) is 3.00. The molecule has 1 aliphatic heterocycles. The van der Waals surface area contributed by atoms with Crippen molar-refractivity contribution in [1.29, 1.82) is 0 Å². The average molecular weight is 896 g/mol. The van der Waals surface area contributed by atoms with Crippen LogP contribution in [0.5, 0.6) is 0 Å². The van der Waals surface area contributed by atoms with Crippen LogP contribution < -0.4 is 5.56 Å². The number of ether oxygens (including phenoxy) is 1. The molecule has 0 spiro atoms. The monoisotopic (exact) mass is 895 g/mol. The molecule has 1 fully saturated rings. The first-order valence-electron chi connectivity index (χ1n) is 22.6. The number of aromatic nitrogens is 10. The van der Waals surface area contributed by atoms with Gasteiger partial charge in [-0.25, -0.2) is 19.0 Å². The Morgan fingerprint density at radius 2 is 1.22 bits per heavy atom. The van der Waals surface area contributed by atoms with Crippen molar-refractivity contribution < 1.29 is 14.9 Å². The Bertz CT molecular complexity index is 3790. The lowest BCUT2D eigenvalue weighted by Crippen LogP contribution is -2.24. The highest BCUT2D eigenvalue weighted by molar-refractivity contribution is 6.24. The molecule has 0 amide bonds. The Hall–Kier alpha value is -8.13. The molecule has 3 N–H and O–H groups in total. The number of aliphatic hydroxyl groups is 2. The highest BCUT2D eigenvalue weighted by Gasteiger charge is 2.36. The predicted molar refractivity (Wildman–Crippen MR) is 259 cm³/mol. The molecule has 0 aliphatic carbocycles. The number of aliphatic hydroxyl groups excluding tert-OH is 2. The largest absolute Gasteiger partial charge is 0.394 e. The van der Waals surface area contributed by atoms with E-state index in [4.69, 9.17) is 4.74 Å². The van der Waals surface area contributed by atoms with Crippen LogP contribution in [0.2, 0.25) is 0 Å². The highest BCUT2D eigenvalue weighted by atomic mass is 16.5. The fourth-order valence-corrected chi connectivity index (χ4v) is 10.4. The molecule has 13 rings (SSSR count). The molecular weight excluding hydrogens is 855 g/mol. The standard InChI is InChI=1S/C53H41N11O4/c65-29-45-44(66)22-46(68-45)64-52-51(53(67)55-30-54-52)43(58-64)8-3-21-61(25-39-27-62(59-56-39)23-37-15-13-35-11-9-31-4-1-6-33-17-19-41(37)49(35)47(31)33)26-40-28-63(60-57-40)24-38-16-14-36-12-10-32-5-2-7-34-18-20-42(38)50(36)48(32)34/h1-2,4-7,9-20,27-28,30,44-46,65-66H,21-26,29H2,(H,54,55,67)/t44-,45+,46+/m0/s1. The molecule has 3 atom stereocenters. The molecular formula is C53H41N11O4. The van der Waals surface area contributed by atoms with Gasteiger partial charge in [0.15, 0.2) is 17.6 Å². The third kappa shape index (κ3) is 6.80. The van der Waals surface area contributed by atoms with E-state index in [2.05, 4.69) is 162 Å². The fraction of sp³-hybridized carbons (Fsp3) is 0.189. The number of nitrogens with one attached hydrogen (secondary N) is 1. The quantitative estimate of drug-likeness (QED) is 0.0910. The van der Waals surface area contributed by atoms with Crippen LogP contribution in [0.25, 0.3) is 75.7 Å². The van der Waals surface area contributed by atoms with Gasteiger partial charge in [0.25, 0.3) is 5.56 Å². The number of nitrogens with zero attached hydrogens (tertiary/aromatic N) is 10. The van der Waals surface area contributed by atoms with E-state index in [9.17, 15) is 15.0 Å². The number of rotatable bonds is 11. The molecule has 12 aromatic rings. The second-order valence-corrected chi connectivity index (χ2v) is 17.8. The van der Waals surface area contributed by atoms with Crippen molar-refractivity contribution in [1.82, 2.24) is 54.6 Å². The van der Waals surface area contributed by atoms with Gasteiger partial charge in [0.2, 0.25) is 0 Å². The predicted octanol–water partition coefficient (Wildman–Crippen LogP) is 6.89. The van der Waals surface area contributed by atoms with Crippen LogP contribution in [0.15, 0.2) is 133 Å². The van der Waals surface area contributed by atoms with E-state index in [1.807, 2.05) is 21.8 Å². The van der Waals surface area contributed by atoms with Crippen LogP contribution >= 0.6 is 0 Å². The van der Waals surface area contributed by atoms with Crippen LogP contribution in [0.4, 0.5) is 0 Å². The number of fused-ring (bicyclic) bond motifs is 1. The number of H-pyrrole nitrogens is 1. The number of hydrogen-bond acceptors (Lipinski definition) is 11. The smallest absolute Gasteiger partial charge is 0.263 e. The van der Waals surface area contributed by atoms with E-state index in [1.165, 1.54) is 75.6 Å². The SMILES string of the molecule is O=c1[nH]cnc2c1c(C#CCN(Cc1cn(Cc3ccc4ccc5cccc6ccc3c4c56)nn1)Cc1cn(Cc3ccc4ccc5cccc6ccc3c4c56)nn1)nn2[C@H]1C[C@H](O)[C@@H](CO)O1. The zero-order valence-corrected chi connectivity index (χ0v) is 36.5. The van der Waals surface area contributed by atoms with E-state index >= 15 is 0 Å². The van der Waals surface area contributed by atoms with Crippen LogP contribution in [0.1, 0.15) is 40.9 Å². The maximum atomic E-state index is 13.2. The van der Waals surface area contributed by atoms with Gasteiger partial charge in [0.05, 0.1) is 62.5 Å². The van der Waals surface area contributed by atoms with Gasteiger partial charge in [-0.15, -0.1) is 10.2 Å². The molecule has 4 aromatic heterocycles. The molecule has 5 heterocycles. The number of aromatic amines is 1. The lowest BCUT2D eigenvalue weighted by atomic mass is 9.92. The van der Waals surface area contributed by atoms with E-state index < -0.39 is 24.0 Å². The van der Waals surface area contributed by atoms with Crippen molar-refractivity contribution in [2.24, 2.45) is 0 Å². The molecule has 0 radical (unpaired) electrons. The van der Waals surface area contributed by atoms with Crippen molar-refractivity contribution in [3.05, 3.63) is 166 Å². The molecule has 332 valence electrons. The lowest BCUT2D eigenvalue weighted by Gasteiger charge is -2.16. The van der Waals surface area contributed by atoms with Crippen LogP contribution in [0.3, 0.4) is 0 Å². The summed E-state index contributed by atoms with van der Waals surface area (Å²) in [5, 5.41) is 58.2. The first-order valence-corrected chi connectivity index (χ1v) is 22.6. The Morgan fingerprint density at radius 1 is 0.691 bits per heavy atom. The Morgan fingerprint density at radius 3 is 1.76 bits per heavy atom. The van der Waals surface area contributed by atoms with Crippen LogP contribution in [-0.2, 0) is 30.9 Å². The minimum atomic E-state index is -0.896. The Labute approximate surface area is 386 Å². The molecule has 1 saturated heterocycles. The van der Waals surface area contributed by atoms with Gasteiger partial charge < -0.3 is 19.9 Å². The maximum absolute atomic E-state index is 13.2. The summed E-state index contributed by atoms with van der Waals surface area (Å²) in [5.74, 6) is 6.39. The molecule has 15 heteroatoms. The summed E-state index contributed by atoms with van der Waals surface area (Å²) in [6.45, 7) is 1.76. The average Bonchev–Trinajstić information content (AvgIpc) is 4.18. The van der Waals surface area contributed by atoms with Gasteiger partial charge in [-0.05, 0) is 81.7 Å². The topological polar surface area (TPSA) is 178 Å². The molecule has 0 bridgehead atoms. The van der Waals surface area contributed by atoms with Crippen molar-refractivity contribution in [2.45, 2.75) is 51.0 Å². The summed E-state index contributed by atoms with van der Waals surface area (Å²) >= 11 is 0. The maximum Gasteiger partial charge on any atom is 0.263 e.